The molecule has 4 N–H and O–H groups in total. The zero-order valence-electron chi connectivity index (χ0n) is 6.37. The van der Waals surface area contributed by atoms with Crippen LogP contribution in [0, 0.1) is 0 Å². The molecule has 12 heavy (non-hydrogen) atoms. The second-order valence-electron chi connectivity index (χ2n) is 2.18. The van der Waals surface area contributed by atoms with Crippen LogP contribution in [0.15, 0.2) is 23.3 Å². The van der Waals surface area contributed by atoms with Gasteiger partial charge in [0.1, 0.15) is 0 Å². The van der Waals surface area contributed by atoms with Crippen molar-refractivity contribution in [3.05, 3.63) is 24.0 Å². The number of nitrogens with two attached hydrogens (primary N) is 2. The number of nitrogens with zero attached hydrogens (tertiary/aromatic N) is 2. The van der Waals surface area contributed by atoms with Crippen molar-refractivity contribution in [1.82, 2.24) is 4.98 Å². The largest absolute Gasteiger partial charge is 0.370 e. The van der Waals surface area contributed by atoms with Crippen LogP contribution in [0.3, 0.4) is 0 Å². The summed E-state index contributed by atoms with van der Waals surface area (Å²) in [6.07, 6.45) is 1.62. The normalized spacial score (nSPS) is 9.42. The third kappa shape index (κ3) is 2.50. The monoisotopic (exact) mass is 228 g/mol. The molecular formula is C7H9BrN4. The van der Waals surface area contributed by atoms with E-state index in [4.69, 9.17) is 11.5 Å². The van der Waals surface area contributed by atoms with Crippen LogP contribution in [0.5, 0.6) is 0 Å². The van der Waals surface area contributed by atoms with E-state index < -0.39 is 0 Å². The molecule has 0 radical (unpaired) electrons. The topological polar surface area (TPSA) is 77.3 Å². The van der Waals surface area contributed by atoms with Crippen molar-refractivity contribution in [2.24, 2.45) is 16.5 Å². The number of hydrogen-bond acceptors (Lipinski definition) is 2. The van der Waals surface area contributed by atoms with E-state index in [2.05, 4.69) is 25.9 Å². The van der Waals surface area contributed by atoms with Crippen molar-refractivity contribution in [2.75, 3.05) is 0 Å². The Morgan fingerprint density at radius 1 is 1.50 bits per heavy atom. The molecule has 1 aromatic heterocycles. The molecule has 1 rings (SSSR count). The van der Waals surface area contributed by atoms with Crippen LogP contribution in [0.2, 0.25) is 0 Å². The number of alkyl halides is 1. The lowest BCUT2D eigenvalue weighted by molar-refractivity contribution is 1.18. The van der Waals surface area contributed by atoms with Gasteiger partial charge in [-0.2, -0.15) is 0 Å². The fraction of sp³-hybridized carbons (Fsp3) is 0.143. The smallest absolute Gasteiger partial charge is 0.191 e. The minimum Gasteiger partial charge on any atom is -0.370 e. The highest BCUT2D eigenvalue weighted by atomic mass is 79.9. The number of aliphatic imine (C=N–C) groups is 1. The third-order valence-corrected chi connectivity index (χ3v) is 1.78. The van der Waals surface area contributed by atoms with Crippen LogP contribution in [-0.4, -0.2) is 10.9 Å². The highest BCUT2D eigenvalue weighted by molar-refractivity contribution is 9.08. The molecule has 1 heterocycles. The van der Waals surface area contributed by atoms with Crippen molar-refractivity contribution in [2.45, 2.75) is 5.33 Å². The molecule has 0 saturated heterocycles. The fourth-order valence-corrected chi connectivity index (χ4v) is 1.04. The van der Waals surface area contributed by atoms with Gasteiger partial charge < -0.3 is 11.5 Å². The maximum Gasteiger partial charge on any atom is 0.191 e. The zero-order chi connectivity index (χ0) is 8.97. The molecule has 0 unspecified atom stereocenters. The van der Waals surface area contributed by atoms with Gasteiger partial charge >= 0.3 is 0 Å². The summed E-state index contributed by atoms with van der Waals surface area (Å²) >= 11 is 3.29. The van der Waals surface area contributed by atoms with Gasteiger partial charge in [-0.25, -0.2) is 4.99 Å². The molecule has 0 saturated carbocycles. The third-order valence-electron chi connectivity index (χ3n) is 1.20. The average molecular weight is 229 g/mol. The molecular weight excluding hydrogens is 220 g/mol. The number of halogens is 1. The molecule has 1 aromatic rings. The summed E-state index contributed by atoms with van der Waals surface area (Å²) in [4.78, 5) is 7.91. The lowest BCUT2D eigenvalue weighted by Gasteiger charge is -1.95. The van der Waals surface area contributed by atoms with E-state index in [1.807, 2.05) is 12.1 Å². The Labute approximate surface area is 78.8 Å². The van der Waals surface area contributed by atoms with E-state index in [1.165, 1.54) is 0 Å². The van der Waals surface area contributed by atoms with E-state index in [0.29, 0.717) is 5.69 Å². The number of aromatic nitrogens is 1. The summed E-state index contributed by atoms with van der Waals surface area (Å²) in [5, 5.41) is 0.731. The van der Waals surface area contributed by atoms with Gasteiger partial charge in [-0.3, -0.25) is 4.98 Å². The second kappa shape index (κ2) is 4.06. The van der Waals surface area contributed by atoms with Crippen LogP contribution in [0.25, 0.3) is 0 Å². The van der Waals surface area contributed by atoms with Crippen molar-refractivity contribution < 1.29 is 0 Å². The molecule has 0 bridgehead atoms. The number of rotatable bonds is 2. The first-order valence-electron chi connectivity index (χ1n) is 3.33. The maximum absolute atomic E-state index is 5.19. The van der Waals surface area contributed by atoms with E-state index >= 15 is 0 Å². The second-order valence-corrected chi connectivity index (χ2v) is 2.74. The van der Waals surface area contributed by atoms with Crippen LogP contribution in [0.1, 0.15) is 5.69 Å². The van der Waals surface area contributed by atoms with Crippen LogP contribution in [-0.2, 0) is 5.33 Å². The Morgan fingerprint density at radius 2 is 2.25 bits per heavy atom. The van der Waals surface area contributed by atoms with Gasteiger partial charge in [0, 0.05) is 5.33 Å². The van der Waals surface area contributed by atoms with Crippen LogP contribution >= 0.6 is 15.9 Å². The first kappa shape index (κ1) is 8.99. The molecule has 0 aliphatic carbocycles. The first-order chi connectivity index (χ1) is 5.72. The van der Waals surface area contributed by atoms with E-state index in [1.54, 1.807) is 6.20 Å². The Bertz CT molecular complexity index is 276. The molecule has 64 valence electrons. The molecule has 0 amide bonds. The van der Waals surface area contributed by atoms with Gasteiger partial charge in [0.2, 0.25) is 0 Å². The summed E-state index contributed by atoms with van der Waals surface area (Å²) in [6, 6.07) is 3.67. The molecule has 0 atom stereocenters. The van der Waals surface area contributed by atoms with Crippen molar-refractivity contribution in [3.8, 4) is 0 Å². The zero-order valence-corrected chi connectivity index (χ0v) is 7.95. The Hall–Kier alpha value is -1.10. The molecule has 0 fully saturated rings. The molecule has 0 aliphatic heterocycles. The SMILES string of the molecule is NC(N)=Nc1ccc(CBr)nc1. The standard InChI is InChI=1S/C7H9BrN4/c8-3-5-1-2-6(4-11-5)12-7(9)10/h1-2,4H,3H2,(H4,9,10,12). The Balaban J connectivity index is 2.85. The van der Waals surface area contributed by atoms with Gasteiger partial charge in [0.05, 0.1) is 17.6 Å². The maximum atomic E-state index is 5.19. The summed E-state index contributed by atoms with van der Waals surface area (Å²) in [5.74, 6) is 0.0448. The van der Waals surface area contributed by atoms with E-state index in [-0.39, 0.29) is 5.96 Å². The molecule has 0 aromatic carbocycles. The number of guanidine groups is 1. The Morgan fingerprint density at radius 3 is 2.67 bits per heavy atom. The highest BCUT2D eigenvalue weighted by Crippen LogP contribution is 2.10. The molecule has 4 nitrogen and oxygen atoms in total. The van der Waals surface area contributed by atoms with Crippen molar-refractivity contribution >= 4 is 27.6 Å². The lowest BCUT2D eigenvalue weighted by Crippen LogP contribution is -2.21. The van der Waals surface area contributed by atoms with Crippen LogP contribution in [0.4, 0.5) is 5.69 Å². The number of hydrogen-bond donors (Lipinski definition) is 2. The predicted molar refractivity (Wildman–Crippen MR) is 52.3 cm³/mol. The number of pyridine rings is 1. The van der Waals surface area contributed by atoms with Crippen molar-refractivity contribution in [1.29, 1.82) is 0 Å². The summed E-state index contributed by atoms with van der Waals surface area (Å²) < 4.78 is 0. The fourth-order valence-electron chi connectivity index (χ4n) is 0.711. The van der Waals surface area contributed by atoms with Gasteiger partial charge in [0.15, 0.2) is 5.96 Å². The van der Waals surface area contributed by atoms with Gasteiger partial charge in [-0.05, 0) is 12.1 Å². The molecule has 0 aliphatic rings. The first-order valence-corrected chi connectivity index (χ1v) is 4.45. The van der Waals surface area contributed by atoms with E-state index in [0.717, 1.165) is 11.0 Å². The summed E-state index contributed by atoms with van der Waals surface area (Å²) in [5.41, 5.74) is 12.0. The van der Waals surface area contributed by atoms with Gasteiger partial charge in [-0.15, -0.1) is 0 Å². The lowest BCUT2D eigenvalue weighted by atomic mass is 10.3. The van der Waals surface area contributed by atoms with E-state index in [9.17, 15) is 0 Å². The summed E-state index contributed by atoms with van der Waals surface area (Å²) in [7, 11) is 0. The van der Waals surface area contributed by atoms with Crippen LogP contribution < -0.4 is 11.5 Å². The Kier molecular flexibility index (Phi) is 3.04. The average Bonchev–Trinajstić information content (AvgIpc) is 2.05. The quantitative estimate of drug-likeness (QED) is 0.449. The summed E-state index contributed by atoms with van der Waals surface area (Å²) in [6.45, 7) is 0. The van der Waals surface area contributed by atoms with Gasteiger partial charge in [0.25, 0.3) is 0 Å². The highest BCUT2D eigenvalue weighted by Gasteiger charge is 1.92. The minimum absolute atomic E-state index is 0.0448. The predicted octanol–water partition coefficient (Wildman–Crippen LogP) is 0.881. The molecule has 5 heteroatoms. The van der Waals surface area contributed by atoms with Crippen molar-refractivity contribution in [3.63, 3.8) is 0 Å². The van der Waals surface area contributed by atoms with Gasteiger partial charge in [-0.1, -0.05) is 15.9 Å². The molecule has 0 spiro atoms. The minimum atomic E-state index is 0.0448.